The molecule has 0 bridgehead atoms. The van der Waals surface area contributed by atoms with E-state index >= 15 is 0 Å². The number of rotatable bonds is 11. The number of aryl methyl sites for hydroxylation is 1. The number of amides is 1. The monoisotopic (exact) mass is 549 g/mol. The van der Waals surface area contributed by atoms with Crippen molar-refractivity contribution in [3.05, 3.63) is 82.5 Å². The number of halogens is 1. The van der Waals surface area contributed by atoms with Crippen LogP contribution in [0.3, 0.4) is 0 Å². The van der Waals surface area contributed by atoms with Crippen LogP contribution >= 0.6 is 15.9 Å². The number of ether oxygens (including phenoxy) is 1. The zero-order valence-corrected chi connectivity index (χ0v) is 22.2. The molecular formula is C28H32BrN5O2. The maximum atomic E-state index is 12.8. The summed E-state index contributed by atoms with van der Waals surface area (Å²) in [5.74, 6) is 0.363. The lowest BCUT2D eigenvalue weighted by Gasteiger charge is -2.15. The normalized spacial score (nSPS) is 13.5. The number of benzene rings is 2. The summed E-state index contributed by atoms with van der Waals surface area (Å²) < 4.78 is 6.38. The zero-order chi connectivity index (χ0) is 25.3. The lowest BCUT2D eigenvalue weighted by Crippen LogP contribution is -2.33. The molecule has 0 spiro atoms. The number of carbonyl (C=O) groups is 1. The Morgan fingerprint density at radius 1 is 1.22 bits per heavy atom. The van der Waals surface area contributed by atoms with E-state index in [1.165, 1.54) is 12.8 Å². The number of nitrogens with zero attached hydrogens (tertiary/aromatic N) is 3. The second-order valence-corrected chi connectivity index (χ2v) is 9.80. The van der Waals surface area contributed by atoms with E-state index in [1.807, 2.05) is 43.3 Å². The van der Waals surface area contributed by atoms with Crippen LogP contribution in [-0.4, -0.2) is 53.6 Å². The van der Waals surface area contributed by atoms with Crippen molar-refractivity contribution in [2.75, 3.05) is 38.1 Å². The highest BCUT2D eigenvalue weighted by Gasteiger charge is 2.13. The van der Waals surface area contributed by atoms with Crippen LogP contribution in [0, 0.1) is 6.92 Å². The Hall–Kier alpha value is -3.07. The summed E-state index contributed by atoms with van der Waals surface area (Å²) in [7, 11) is 0. The Bertz CT molecular complexity index is 1210. The van der Waals surface area contributed by atoms with E-state index in [9.17, 15) is 4.79 Å². The summed E-state index contributed by atoms with van der Waals surface area (Å²) in [5.41, 5.74) is 5.17. The van der Waals surface area contributed by atoms with E-state index < -0.39 is 0 Å². The standard InChI is InChI=1S/C28H32BrN5O2/c1-3-13-36-19-21-7-6-8-22(14-21)26-20(2)18-31-28(33-26)32-25-16-23(15-24(29)17-25)27(35)30-9-12-34-10-4-5-11-34/h3,6-8,14-18H,1,4-5,9-13,19H2,2H3,(H,30,35)(H,31,32,33). The number of hydrogen-bond acceptors (Lipinski definition) is 6. The van der Waals surface area contributed by atoms with Crippen molar-refractivity contribution < 1.29 is 9.53 Å². The van der Waals surface area contributed by atoms with Crippen LogP contribution in [0.2, 0.25) is 0 Å². The van der Waals surface area contributed by atoms with Crippen molar-refractivity contribution in [3.8, 4) is 11.3 Å². The van der Waals surface area contributed by atoms with Gasteiger partial charge in [-0.3, -0.25) is 4.79 Å². The third kappa shape index (κ3) is 7.22. The molecule has 1 saturated heterocycles. The number of carbonyl (C=O) groups excluding carboxylic acids is 1. The van der Waals surface area contributed by atoms with Gasteiger partial charge in [0.15, 0.2) is 0 Å². The van der Waals surface area contributed by atoms with Crippen molar-refractivity contribution in [1.29, 1.82) is 0 Å². The second-order valence-electron chi connectivity index (χ2n) is 8.89. The molecular weight excluding hydrogens is 518 g/mol. The van der Waals surface area contributed by atoms with Crippen LogP contribution in [0.25, 0.3) is 11.3 Å². The highest BCUT2D eigenvalue weighted by Crippen LogP contribution is 2.26. The lowest BCUT2D eigenvalue weighted by atomic mass is 10.1. The minimum atomic E-state index is -0.0976. The summed E-state index contributed by atoms with van der Waals surface area (Å²) in [6.45, 7) is 10.4. The molecule has 188 valence electrons. The number of nitrogens with one attached hydrogen (secondary N) is 2. The SMILES string of the molecule is C=CCOCc1cccc(-c2nc(Nc3cc(Br)cc(C(=O)NCCN4CCCC4)c3)ncc2C)c1. The van der Waals surface area contributed by atoms with E-state index in [0.29, 0.717) is 31.3 Å². The van der Waals surface area contributed by atoms with Gasteiger partial charge in [0.25, 0.3) is 5.91 Å². The number of hydrogen-bond donors (Lipinski definition) is 2. The molecule has 2 heterocycles. The van der Waals surface area contributed by atoms with Crippen LogP contribution in [0.1, 0.15) is 34.3 Å². The Morgan fingerprint density at radius 2 is 2.06 bits per heavy atom. The Balaban J connectivity index is 1.46. The van der Waals surface area contributed by atoms with Gasteiger partial charge in [-0.2, -0.15) is 0 Å². The molecule has 0 atom stereocenters. The summed E-state index contributed by atoms with van der Waals surface area (Å²) in [6.07, 6.45) is 6.03. The molecule has 1 amide bonds. The van der Waals surface area contributed by atoms with E-state index in [-0.39, 0.29) is 5.91 Å². The van der Waals surface area contributed by atoms with Gasteiger partial charge in [0, 0.05) is 40.6 Å². The minimum Gasteiger partial charge on any atom is -0.373 e. The van der Waals surface area contributed by atoms with Gasteiger partial charge in [0.2, 0.25) is 5.95 Å². The van der Waals surface area contributed by atoms with E-state index in [0.717, 1.165) is 52.2 Å². The molecule has 8 heteroatoms. The number of aromatic nitrogens is 2. The highest BCUT2D eigenvalue weighted by atomic mass is 79.9. The van der Waals surface area contributed by atoms with Crippen molar-refractivity contribution in [2.24, 2.45) is 0 Å². The smallest absolute Gasteiger partial charge is 0.251 e. The molecule has 1 fully saturated rings. The van der Waals surface area contributed by atoms with Gasteiger partial charge in [-0.1, -0.05) is 40.2 Å². The Labute approximate surface area is 221 Å². The molecule has 1 aliphatic heterocycles. The molecule has 1 aromatic heterocycles. The molecule has 0 unspecified atom stereocenters. The third-order valence-electron chi connectivity index (χ3n) is 6.00. The summed E-state index contributed by atoms with van der Waals surface area (Å²) in [4.78, 5) is 24.4. The molecule has 3 aromatic rings. The molecule has 0 saturated carbocycles. The van der Waals surface area contributed by atoms with Crippen LogP contribution < -0.4 is 10.6 Å². The summed E-state index contributed by atoms with van der Waals surface area (Å²) >= 11 is 3.53. The van der Waals surface area contributed by atoms with Gasteiger partial charge >= 0.3 is 0 Å². The minimum absolute atomic E-state index is 0.0976. The van der Waals surface area contributed by atoms with Crippen molar-refractivity contribution in [2.45, 2.75) is 26.4 Å². The van der Waals surface area contributed by atoms with Gasteiger partial charge in [-0.05, 0) is 68.2 Å². The predicted octanol–water partition coefficient (Wildman–Crippen LogP) is 5.49. The van der Waals surface area contributed by atoms with Crippen LogP contribution in [0.4, 0.5) is 11.6 Å². The van der Waals surface area contributed by atoms with Gasteiger partial charge in [-0.15, -0.1) is 6.58 Å². The fraction of sp³-hybridized carbons (Fsp3) is 0.321. The average molecular weight is 551 g/mol. The van der Waals surface area contributed by atoms with Crippen molar-refractivity contribution in [1.82, 2.24) is 20.2 Å². The first kappa shape index (κ1) is 26.0. The topological polar surface area (TPSA) is 79.4 Å². The predicted molar refractivity (Wildman–Crippen MR) is 147 cm³/mol. The second kappa shape index (κ2) is 12.8. The van der Waals surface area contributed by atoms with Crippen molar-refractivity contribution in [3.63, 3.8) is 0 Å². The first-order chi connectivity index (χ1) is 17.5. The highest BCUT2D eigenvalue weighted by molar-refractivity contribution is 9.10. The number of anilines is 2. The molecule has 0 aliphatic carbocycles. The van der Waals surface area contributed by atoms with E-state index in [2.05, 4.69) is 49.1 Å². The molecule has 2 N–H and O–H groups in total. The van der Waals surface area contributed by atoms with Crippen LogP contribution in [-0.2, 0) is 11.3 Å². The molecule has 2 aromatic carbocycles. The van der Waals surface area contributed by atoms with Gasteiger partial charge in [0.1, 0.15) is 0 Å². The molecule has 1 aliphatic rings. The average Bonchev–Trinajstić information content (AvgIpc) is 3.39. The van der Waals surface area contributed by atoms with Crippen molar-refractivity contribution >= 4 is 33.5 Å². The molecule has 0 radical (unpaired) electrons. The van der Waals surface area contributed by atoms with E-state index in [4.69, 9.17) is 9.72 Å². The maximum absolute atomic E-state index is 12.8. The zero-order valence-electron chi connectivity index (χ0n) is 20.6. The summed E-state index contributed by atoms with van der Waals surface area (Å²) in [6, 6.07) is 13.7. The van der Waals surface area contributed by atoms with Gasteiger partial charge < -0.3 is 20.3 Å². The third-order valence-corrected chi connectivity index (χ3v) is 6.46. The fourth-order valence-corrected chi connectivity index (χ4v) is 4.71. The van der Waals surface area contributed by atoms with Crippen LogP contribution in [0.15, 0.2) is 65.8 Å². The van der Waals surface area contributed by atoms with Gasteiger partial charge in [0.05, 0.1) is 18.9 Å². The largest absolute Gasteiger partial charge is 0.373 e. The Kier molecular flexibility index (Phi) is 9.22. The first-order valence-corrected chi connectivity index (χ1v) is 13.0. The summed E-state index contributed by atoms with van der Waals surface area (Å²) in [5, 5.41) is 6.29. The Morgan fingerprint density at radius 3 is 2.86 bits per heavy atom. The van der Waals surface area contributed by atoms with Crippen LogP contribution in [0.5, 0.6) is 0 Å². The number of likely N-dealkylation sites (tertiary alicyclic amines) is 1. The lowest BCUT2D eigenvalue weighted by molar-refractivity contribution is 0.0949. The molecule has 36 heavy (non-hydrogen) atoms. The van der Waals surface area contributed by atoms with Gasteiger partial charge in [-0.25, -0.2) is 9.97 Å². The quantitative estimate of drug-likeness (QED) is 0.243. The first-order valence-electron chi connectivity index (χ1n) is 12.2. The molecule has 7 nitrogen and oxygen atoms in total. The fourth-order valence-electron chi connectivity index (χ4n) is 4.22. The van der Waals surface area contributed by atoms with E-state index in [1.54, 1.807) is 12.3 Å². The maximum Gasteiger partial charge on any atom is 0.251 e. The molecule has 4 rings (SSSR count).